The fraction of sp³-hybridized carbons (Fsp3) is 0.600. The zero-order chi connectivity index (χ0) is 14.6. The highest BCUT2D eigenvalue weighted by Gasteiger charge is 2.32. The molecule has 112 valence electrons. The Bertz CT molecular complexity index is 423. The van der Waals surface area contributed by atoms with E-state index in [0.717, 1.165) is 19.4 Å². The Labute approximate surface area is 118 Å². The number of nitrogens with zero attached hydrogens (tertiary/aromatic N) is 1. The third kappa shape index (κ3) is 5.13. The van der Waals surface area contributed by atoms with Crippen molar-refractivity contribution < 1.29 is 13.2 Å². The molecule has 1 aromatic carbocycles. The molecule has 0 bridgehead atoms. The van der Waals surface area contributed by atoms with Crippen molar-refractivity contribution in [3.63, 3.8) is 0 Å². The largest absolute Gasteiger partial charge is 0.401 e. The number of halogens is 3. The highest BCUT2D eigenvalue weighted by molar-refractivity contribution is 5.22. The number of hydrogen-bond donors (Lipinski definition) is 1. The van der Waals surface area contributed by atoms with Gasteiger partial charge >= 0.3 is 6.18 Å². The number of nitrogens with one attached hydrogen (secondary N) is 1. The minimum absolute atomic E-state index is 0.319. The molecule has 1 aliphatic heterocycles. The van der Waals surface area contributed by atoms with Crippen LogP contribution in [0.25, 0.3) is 0 Å². The van der Waals surface area contributed by atoms with Crippen LogP contribution in [-0.4, -0.2) is 36.8 Å². The lowest BCUT2D eigenvalue weighted by Gasteiger charge is -2.32. The Morgan fingerprint density at radius 2 is 1.95 bits per heavy atom. The second kappa shape index (κ2) is 6.59. The molecule has 1 saturated heterocycles. The van der Waals surface area contributed by atoms with Crippen molar-refractivity contribution >= 4 is 0 Å². The first-order valence-corrected chi connectivity index (χ1v) is 7.00. The van der Waals surface area contributed by atoms with Crippen LogP contribution in [0.4, 0.5) is 13.2 Å². The number of likely N-dealkylation sites (tertiary alicyclic amines) is 1. The molecule has 1 aromatic rings. The third-order valence-electron chi connectivity index (χ3n) is 3.67. The first kappa shape index (κ1) is 15.3. The molecule has 2 rings (SSSR count). The molecule has 20 heavy (non-hydrogen) atoms. The fourth-order valence-corrected chi connectivity index (χ4v) is 2.63. The van der Waals surface area contributed by atoms with Crippen LogP contribution in [0.5, 0.6) is 0 Å². The maximum absolute atomic E-state index is 12.3. The summed E-state index contributed by atoms with van der Waals surface area (Å²) in [7, 11) is 0. The molecule has 0 spiro atoms. The number of benzene rings is 1. The van der Waals surface area contributed by atoms with E-state index in [1.54, 1.807) is 0 Å². The molecule has 0 aliphatic carbocycles. The molecule has 0 unspecified atom stereocenters. The second-order valence-electron chi connectivity index (χ2n) is 5.54. The van der Waals surface area contributed by atoms with E-state index >= 15 is 0 Å². The molecule has 1 aliphatic rings. The average Bonchev–Trinajstić information content (AvgIpc) is 2.36. The van der Waals surface area contributed by atoms with Crippen molar-refractivity contribution in [2.45, 2.75) is 38.5 Å². The lowest BCUT2D eigenvalue weighted by atomic mass is 10.0. The third-order valence-corrected chi connectivity index (χ3v) is 3.67. The number of rotatable bonds is 4. The van der Waals surface area contributed by atoms with Gasteiger partial charge in [0.05, 0.1) is 6.54 Å². The van der Waals surface area contributed by atoms with Gasteiger partial charge in [0.2, 0.25) is 0 Å². The smallest absolute Gasteiger partial charge is 0.310 e. The maximum Gasteiger partial charge on any atom is 0.401 e. The monoisotopic (exact) mass is 286 g/mol. The topological polar surface area (TPSA) is 15.3 Å². The van der Waals surface area contributed by atoms with Crippen LogP contribution in [-0.2, 0) is 6.54 Å². The summed E-state index contributed by atoms with van der Waals surface area (Å²) in [6, 6.07) is 8.60. The first-order valence-electron chi connectivity index (χ1n) is 7.00. The molecule has 0 saturated carbocycles. The van der Waals surface area contributed by atoms with E-state index in [2.05, 4.69) is 30.4 Å². The first-order chi connectivity index (χ1) is 9.42. The molecule has 0 amide bonds. The molecule has 1 fully saturated rings. The van der Waals surface area contributed by atoms with E-state index in [1.165, 1.54) is 16.0 Å². The number of aryl methyl sites for hydroxylation is 1. The molecular formula is C15H21F3N2. The van der Waals surface area contributed by atoms with Crippen molar-refractivity contribution in [2.24, 2.45) is 0 Å². The number of alkyl halides is 3. The van der Waals surface area contributed by atoms with Gasteiger partial charge in [-0.2, -0.15) is 13.2 Å². The number of piperidine rings is 1. The van der Waals surface area contributed by atoms with Crippen LogP contribution in [0.3, 0.4) is 0 Å². The van der Waals surface area contributed by atoms with E-state index < -0.39 is 12.7 Å². The van der Waals surface area contributed by atoms with Gasteiger partial charge in [0, 0.05) is 12.6 Å². The summed E-state index contributed by atoms with van der Waals surface area (Å²) in [6.07, 6.45) is -2.52. The molecule has 1 heterocycles. The molecule has 0 atom stereocenters. The van der Waals surface area contributed by atoms with Crippen LogP contribution in [0.1, 0.15) is 24.0 Å². The maximum atomic E-state index is 12.3. The van der Waals surface area contributed by atoms with Crippen molar-refractivity contribution in [3.8, 4) is 0 Å². The highest BCUT2D eigenvalue weighted by Crippen LogP contribution is 2.20. The summed E-state index contributed by atoms with van der Waals surface area (Å²) in [6.45, 7) is 3.10. The van der Waals surface area contributed by atoms with E-state index in [-0.39, 0.29) is 0 Å². The van der Waals surface area contributed by atoms with Gasteiger partial charge in [0.1, 0.15) is 0 Å². The fourth-order valence-electron chi connectivity index (χ4n) is 2.63. The van der Waals surface area contributed by atoms with Crippen molar-refractivity contribution in [1.29, 1.82) is 0 Å². The minimum Gasteiger partial charge on any atom is -0.310 e. The summed E-state index contributed by atoms with van der Waals surface area (Å²) < 4.78 is 36.9. The van der Waals surface area contributed by atoms with Gasteiger partial charge in [-0.05, 0) is 38.4 Å². The number of hydrogen-bond acceptors (Lipinski definition) is 2. The normalized spacial score (nSPS) is 18.4. The van der Waals surface area contributed by atoms with Crippen molar-refractivity contribution in [2.75, 3.05) is 19.6 Å². The summed E-state index contributed by atoms with van der Waals surface area (Å²) in [5.74, 6) is 0. The Morgan fingerprint density at radius 3 is 2.55 bits per heavy atom. The van der Waals surface area contributed by atoms with E-state index in [0.29, 0.717) is 19.1 Å². The Balaban J connectivity index is 1.72. The lowest BCUT2D eigenvalue weighted by Crippen LogP contribution is -2.45. The summed E-state index contributed by atoms with van der Waals surface area (Å²) in [5.41, 5.74) is 2.45. The van der Waals surface area contributed by atoms with E-state index in [4.69, 9.17) is 0 Å². The Hall–Kier alpha value is -1.07. The standard InChI is InChI=1S/C15H21F3N2/c1-12-3-2-4-13(9-12)10-19-14-5-7-20(8-6-14)11-15(16,17)18/h2-4,9,14,19H,5-8,10-11H2,1H3. The Morgan fingerprint density at radius 1 is 1.25 bits per heavy atom. The van der Waals surface area contributed by atoms with Crippen LogP contribution >= 0.6 is 0 Å². The molecular weight excluding hydrogens is 265 g/mol. The van der Waals surface area contributed by atoms with Crippen molar-refractivity contribution in [3.05, 3.63) is 35.4 Å². The van der Waals surface area contributed by atoms with Gasteiger partial charge in [0.15, 0.2) is 0 Å². The van der Waals surface area contributed by atoms with Gasteiger partial charge in [-0.3, -0.25) is 4.90 Å². The van der Waals surface area contributed by atoms with Crippen molar-refractivity contribution in [1.82, 2.24) is 10.2 Å². The van der Waals surface area contributed by atoms with Gasteiger partial charge in [0.25, 0.3) is 0 Å². The zero-order valence-electron chi connectivity index (χ0n) is 11.7. The predicted octanol–water partition coefficient (Wildman–Crippen LogP) is 3.11. The predicted molar refractivity (Wildman–Crippen MR) is 73.5 cm³/mol. The highest BCUT2D eigenvalue weighted by atomic mass is 19.4. The van der Waals surface area contributed by atoms with Gasteiger partial charge < -0.3 is 5.32 Å². The molecule has 0 aromatic heterocycles. The minimum atomic E-state index is -4.08. The van der Waals surface area contributed by atoms with Crippen LogP contribution in [0.2, 0.25) is 0 Å². The van der Waals surface area contributed by atoms with Gasteiger partial charge in [-0.15, -0.1) is 0 Å². The summed E-state index contributed by atoms with van der Waals surface area (Å²) >= 11 is 0. The molecule has 5 heteroatoms. The van der Waals surface area contributed by atoms with E-state index in [9.17, 15) is 13.2 Å². The zero-order valence-corrected chi connectivity index (χ0v) is 11.7. The molecule has 2 nitrogen and oxygen atoms in total. The Kier molecular flexibility index (Phi) is 5.05. The SMILES string of the molecule is Cc1cccc(CNC2CCN(CC(F)(F)F)CC2)c1. The lowest BCUT2D eigenvalue weighted by molar-refractivity contribution is -0.148. The quantitative estimate of drug-likeness (QED) is 0.915. The summed E-state index contributed by atoms with van der Waals surface area (Å²) in [5, 5.41) is 3.44. The van der Waals surface area contributed by atoms with Gasteiger partial charge in [-0.1, -0.05) is 29.8 Å². The molecule has 1 N–H and O–H groups in total. The average molecular weight is 286 g/mol. The summed E-state index contributed by atoms with van der Waals surface area (Å²) in [4.78, 5) is 1.49. The van der Waals surface area contributed by atoms with Crippen LogP contribution in [0.15, 0.2) is 24.3 Å². The van der Waals surface area contributed by atoms with Gasteiger partial charge in [-0.25, -0.2) is 0 Å². The van der Waals surface area contributed by atoms with Crippen LogP contribution < -0.4 is 5.32 Å². The van der Waals surface area contributed by atoms with E-state index in [1.807, 2.05) is 6.07 Å². The van der Waals surface area contributed by atoms with Crippen LogP contribution in [0, 0.1) is 6.92 Å². The molecule has 0 radical (unpaired) electrons. The second-order valence-corrected chi connectivity index (χ2v) is 5.54.